The highest BCUT2D eigenvalue weighted by atomic mass is 35.5. The molecule has 0 aliphatic rings. The fourth-order valence-electron chi connectivity index (χ4n) is 2.00. The van der Waals surface area contributed by atoms with Gasteiger partial charge in [-0.2, -0.15) is 5.10 Å². The second-order valence-electron chi connectivity index (χ2n) is 5.27. The van der Waals surface area contributed by atoms with E-state index in [1.54, 1.807) is 0 Å². The lowest BCUT2D eigenvalue weighted by molar-refractivity contribution is 0.247. The third kappa shape index (κ3) is 6.73. The van der Waals surface area contributed by atoms with Gasteiger partial charge >= 0.3 is 6.03 Å². The van der Waals surface area contributed by atoms with E-state index in [-0.39, 0.29) is 0 Å². The van der Waals surface area contributed by atoms with Crippen molar-refractivity contribution in [3.63, 3.8) is 0 Å². The highest BCUT2D eigenvalue weighted by molar-refractivity contribution is 6.31. The van der Waals surface area contributed by atoms with Gasteiger partial charge in [0.05, 0.1) is 19.4 Å². The highest BCUT2D eigenvalue weighted by Gasteiger charge is 2.00. The molecular formula is C18H20ClN3O3. The van der Waals surface area contributed by atoms with Crippen LogP contribution in [0.3, 0.4) is 0 Å². The number of rotatable bonds is 8. The molecule has 0 unspecified atom stereocenters. The van der Waals surface area contributed by atoms with Crippen molar-refractivity contribution in [3.05, 3.63) is 58.6 Å². The van der Waals surface area contributed by atoms with Gasteiger partial charge in [-0.05, 0) is 48.4 Å². The second kappa shape index (κ2) is 9.54. The number of nitrogens with zero attached hydrogens (tertiary/aromatic N) is 1. The van der Waals surface area contributed by atoms with Crippen LogP contribution in [0.2, 0.25) is 5.02 Å². The molecule has 132 valence electrons. The maximum Gasteiger partial charge on any atom is 0.332 e. The number of carbonyl (C=O) groups excluding carboxylic acids is 1. The fourth-order valence-corrected chi connectivity index (χ4v) is 2.12. The molecule has 2 amide bonds. The Balaban J connectivity index is 1.73. The molecule has 0 fully saturated rings. The van der Waals surface area contributed by atoms with E-state index in [9.17, 15) is 4.79 Å². The summed E-state index contributed by atoms with van der Waals surface area (Å²) in [6.07, 6.45) is 2.23. The summed E-state index contributed by atoms with van der Waals surface area (Å²) in [6.45, 7) is 3.00. The Morgan fingerprint density at radius 3 is 2.60 bits per heavy atom. The number of primary amides is 1. The van der Waals surface area contributed by atoms with E-state index in [2.05, 4.69) is 10.5 Å². The largest absolute Gasteiger partial charge is 0.493 e. The first-order chi connectivity index (χ1) is 12.0. The van der Waals surface area contributed by atoms with Gasteiger partial charge in [0.25, 0.3) is 0 Å². The maximum atomic E-state index is 10.6. The molecular weight excluding hydrogens is 342 g/mol. The summed E-state index contributed by atoms with van der Waals surface area (Å²) in [5, 5.41) is 4.43. The van der Waals surface area contributed by atoms with Crippen LogP contribution in [0.15, 0.2) is 47.6 Å². The minimum atomic E-state index is -0.709. The normalized spacial score (nSPS) is 10.6. The summed E-state index contributed by atoms with van der Waals surface area (Å²) in [4.78, 5) is 10.6. The van der Waals surface area contributed by atoms with Gasteiger partial charge in [-0.15, -0.1) is 0 Å². The minimum Gasteiger partial charge on any atom is -0.493 e. The van der Waals surface area contributed by atoms with E-state index >= 15 is 0 Å². The standard InChI is InChI=1S/C18H20ClN3O3/c1-13-10-16(6-7-17(13)19)25-9-3-8-24-15-5-2-4-14(11-15)12-21-22-18(20)23/h2,4-7,10-12H,3,8-9H2,1H3,(H3,20,22,23)/b21-12+. The molecule has 0 radical (unpaired) electrons. The number of aryl methyl sites for hydroxylation is 1. The molecule has 0 heterocycles. The summed E-state index contributed by atoms with van der Waals surface area (Å²) >= 11 is 5.98. The molecule has 0 aliphatic heterocycles. The average molecular weight is 362 g/mol. The third-order valence-corrected chi connectivity index (χ3v) is 3.63. The van der Waals surface area contributed by atoms with Crippen LogP contribution in [0.5, 0.6) is 11.5 Å². The molecule has 0 spiro atoms. The van der Waals surface area contributed by atoms with Crippen LogP contribution in [0, 0.1) is 6.92 Å². The summed E-state index contributed by atoms with van der Waals surface area (Å²) < 4.78 is 11.3. The summed E-state index contributed by atoms with van der Waals surface area (Å²) in [7, 11) is 0. The van der Waals surface area contributed by atoms with Crippen molar-refractivity contribution in [1.82, 2.24) is 5.43 Å². The lowest BCUT2D eigenvalue weighted by atomic mass is 10.2. The van der Waals surface area contributed by atoms with Crippen LogP contribution in [-0.4, -0.2) is 25.5 Å². The summed E-state index contributed by atoms with van der Waals surface area (Å²) in [5.74, 6) is 1.51. The number of hydrogen-bond acceptors (Lipinski definition) is 4. The van der Waals surface area contributed by atoms with Crippen molar-refractivity contribution in [1.29, 1.82) is 0 Å². The molecule has 3 N–H and O–H groups in total. The van der Waals surface area contributed by atoms with Crippen molar-refractivity contribution >= 4 is 23.8 Å². The van der Waals surface area contributed by atoms with Crippen LogP contribution in [-0.2, 0) is 0 Å². The number of halogens is 1. The van der Waals surface area contributed by atoms with E-state index in [0.29, 0.717) is 19.0 Å². The summed E-state index contributed by atoms with van der Waals surface area (Å²) in [6, 6.07) is 12.2. The van der Waals surface area contributed by atoms with Crippen LogP contribution < -0.4 is 20.6 Å². The van der Waals surface area contributed by atoms with Crippen molar-refractivity contribution in [2.24, 2.45) is 10.8 Å². The highest BCUT2D eigenvalue weighted by Crippen LogP contribution is 2.21. The molecule has 2 rings (SSSR count). The van der Waals surface area contributed by atoms with Crippen LogP contribution in [0.25, 0.3) is 0 Å². The number of benzene rings is 2. The Kier molecular flexibility index (Phi) is 7.10. The van der Waals surface area contributed by atoms with E-state index in [1.165, 1.54) is 6.21 Å². The number of amides is 2. The number of urea groups is 1. The van der Waals surface area contributed by atoms with Crippen LogP contribution >= 0.6 is 11.6 Å². The predicted molar refractivity (Wildman–Crippen MR) is 98.6 cm³/mol. The Bertz CT molecular complexity index is 750. The zero-order valence-electron chi connectivity index (χ0n) is 13.9. The van der Waals surface area contributed by atoms with E-state index in [0.717, 1.165) is 28.3 Å². The molecule has 6 nitrogen and oxygen atoms in total. The average Bonchev–Trinajstić information content (AvgIpc) is 2.58. The lowest BCUT2D eigenvalue weighted by Gasteiger charge is -2.09. The Morgan fingerprint density at radius 1 is 1.20 bits per heavy atom. The van der Waals surface area contributed by atoms with Gasteiger partial charge < -0.3 is 15.2 Å². The molecule has 0 bridgehead atoms. The quantitative estimate of drug-likeness (QED) is 0.428. The molecule has 0 saturated heterocycles. The fraction of sp³-hybridized carbons (Fsp3) is 0.222. The Morgan fingerprint density at radius 2 is 1.92 bits per heavy atom. The molecule has 0 aliphatic carbocycles. The Hall–Kier alpha value is -2.73. The molecule has 0 saturated carbocycles. The van der Waals surface area contributed by atoms with Gasteiger partial charge in [0, 0.05) is 11.4 Å². The smallest absolute Gasteiger partial charge is 0.332 e. The number of nitrogens with two attached hydrogens (primary N) is 1. The first-order valence-electron chi connectivity index (χ1n) is 7.75. The molecule has 0 aromatic heterocycles. The lowest BCUT2D eigenvalue weighted by Crippen LogP contribution is -2.24. The van der Waals surface area contributed by atoms with Gasteiger partial charge in [-0.25, -0.2) is 10.2 Å². The van der Waals surface area contributed by atoms with Gasteiger partial charge in [0.2, 0.25) is 0 Å². The molecule has 2 aromatic rings. The zero-order valence-corrected chi connectivity index (χ0v) is 14.6. The number of hydrogen-bond donors (Lipinski definition) is 2. The number of ether oxygens (including phenoxy) is 2. The number of hydrazone groups is 1. The molecule has 2 aromatic carbocycles. The van der Waals surface area contributed by atoms with Crippen LogP contribution in [0.1, 0.15) is 17.5 Å². The second-order valence-corrected chi connectivity index (χ2v) is 5.68. The van der Waals surface area contributed by atoms with E-state index in [4.69, 9.17) is 26.8 Å². The number of nitrogens with one attached hydrogen (secondary N) is 1. The first-order valence-corrected chi connectivity index (χ1v) is 8.13. The van der Waals surface area contributed by atoms with Gasteiger partial charge in [-0.3, -0.25) is 0 Å². The third-order valence-electron chi connectivity index (χ3n) is 3.20. The van der Waals surface area contributed by atoms with Gasteiger partial charge in [0.15, 0.2) is 0 Å². The van der Waals surface area contributed by atoms with E-state index < -0.39 is 6.03 Å². The topological polar surface area (TPSA) is 85.9 Å². The molecule has 25 heavy (non-hydrogen) atoms. The Labute approximate surface area is 151 Å². The van der Waals surface area contributed by atoms with Crippen molar-refractivity contribution in [3.8, 4) is 11.5 Å². The van der Waals surface area contributed by atoms with Crippen LogP contribution in [0.4, 0.5) is 4.79 Å². The minimum absolute atomic E-state index is 0.521. The van der Waals surface area contributed by atoms with Crippen molar-refractivity contribution < 1.29 is 14.3 Å². The van der Waals surface area contributed by atoms with E-state index in [1.807, 2.05) is 49.4 Å². The molecule has 7 heteroatoms. The summed E-state index contributed by atoms with van der Waals surface area (Å²) in [5.41, 5.74) is 8.85. The predicted octanol–water partition coefficient (Wildman–Crippen LogP) is 3.50. The first kappa shape index (κ1) is 18.6. The SMILES string of the molecule is Cc1cc(OCCCOc2cccc(/C=N/NC(N)=O)c2)ccc1Cl. The number of carbonyl (C=O) groups is 1. The monoisotopic (exact) mass is 361 g/mol. The maximum absolute atomic E-state index is 10.6. The van der Waals surface area contributed by atoms with Gasteiger partial charge in [0.1, 0.15) is 11.5 Å². The van der Waals surface area contributed by atoms with Gasteiger partial charge in [-0.1, -0.05) is 23.7 Å². The molecule has 0 atom stereocenters. The van der Waals surface area contributed by atoms with Crippen molar-refractivity contribution in [2.75, 3.05) is 13.2 Å². The zero-order chi connectivity index (χ0) is 18.1. The van der Waals surface area contributed by atoms with Crippen molar-refractivity contribution in [2.45, 2.75) is 13.3 Å².